The van der Waals surface area contributed by atoms with Gasteiger partial charge >= 0.3 is 0 Å². The Kier molecular flexibility index (Phi) is 2.38. The standard InChI is InChI=1S/C5H4N4S.Cu/c10-5-3-4(7-1-6-3)8-2-9-5;/h1-2H,(H2,6,7,8,9,10);/p+1. The summed E-state index contributed by atoms with van der Waals surface area (Å²) in [5.74, 6) is 0. The van der Waals surface area contributed by atoms with Crippen LogP contribution < -0.4 is 4.98 Å². The predicted octanol–water partition coefficient (Wildman–Crippen LogP) is 0.432. The molecule has 61 valence electrons. The summed E-state index contributed by atoms with van der Waals surface area (Å²) < 4.78 is 0.672. The van der Waals surface area contributed by atoms with Crippen LogP contribution in [0.5, 0.6) is 0 Å². The number of hydrogen-bond acceptors (Lipinski definition) is 2. The Morgan fingerprint density at radius 2 is 2.27 bits per heavy atom. The molecular weight excluding hydrogens is 212 g/mol. The fraction of sp³-hybridized carbons (Fsp3) is 0. The Balaban J connectivity index is 0.000000605. The normalized spacial score (nSPS) is 9.45. The minimum absolute atomic E-state index is 0. The van der Waals surface area contributed by atoms with Gasteiger partial charge in [0.25, 0.3) is 0 Å². The number of fused-ring (bicyclic) bond motifs is 1. The van der Waals surface area contributed by atoms with Crippen molar-refractivity contribution >= 4 is 23.4 Å². The number of rotatable bonds is 0. The van der Waals surface area contributed by atoms with E-state index in [9.17, 15) is 0 Å². The van der Waals surface area contributed by atoms with E-state index in [0.29, 0.717) is 4.64 Å². The summed E-state index contributed by atoms with van der Waals surface area (Å²) in [4.78, 5) is 12.6. The van der Waals surface area contributed by atoms with Crippen molar-refractivity contribution in [1.82, 2.24) is 15.0 Å². The van der Waals surface area contributed by atoms with Crippen LogP contribution in [0.1, 0.15) is 0 Å². The zero-order chi connectivity index (χ0) is 6.97. The fourth-order valence-electron chi connectivity index (χ4n) is 0.819. The van der Waals surface area contributed by atoms with E-state index in [1.54, 1.807) is 12.7 Å². The minimum Gasteiger partial charge on any atom is -0.337 e. The van der Waals surface area contributed by atoms with Crippen LogP contribution >= 0.6 is 12.2 Å². The molecule has 2 rings (SSSR count). The molecule has 0 saturated carbocycles. The average molecular weight is 217 g/mol. The van der Waals surface area contributed by atoms with Gasteiger partial charge in [0, 0.05) is 17.1 Å². The quantitative estimate of drug-likeness (QED) is 0.496. The van der Waals surface area contributed by atoms with Crippen LogP contribution in [0, 0.1) is 4.64 Å². The van der Waals surface area contributed by atoms with Crippen LogP contribution in [0.15, 0.2) is 12.7 Å². The number of aromatic nitrogens is 4. The molecule has 0 atom stereocenters. The van der Waals surface area contributed by atoms with E-state index in [1.807, 2.05) is 0 Å². The van der Waals surface area contributed by atoms with Gasteiger partial charge < -0.3 is 4.98 Å². The maximum Gasteiger partial charge on any atom is 0.249 e. The fourth-order valence-corrected chi connectivity index (χ4v) is 1.03. The number of hydrogen-bond donors (Lipinski definition) is 2. The number of nitrogens with zero attached hydrogens (tertiary/aromatic N) is 1. The molecule has 6 heteroatoms. The van der Waals surface area contributed by atoms with E-state index in [0.717, 1.165) is 11.2 Å². The molecule has 4 nitrogen and oxygen atoms in total. The van der Waals surface area contributed by atoms with Crippen LogP contribution in [-0.4, -0.2) is 15.0 Å². The van der Waals surface area contributed by atoms with Crippen molar-refractivity contribution in [2.24, 2.45) is 0 Å². The molecule has 0 aliphatic heterocycles. The summed E-state index contributed by atoms with van der Waals surface area (Å²) in [6, 6.07) is 0. The summed E-state index contributed by atoms with van der Waals surface area (Å²) in [5.41, 5.74) is 1.63. The molecule has 2 heterocycles. The van der Waals surface area contributed by atoms with Crippen molar-refractivity contribution in [3.63, 3.8) is 0 Å². The van der Waals surface area contributed by atoms with E-state index in [2.05, 4.69) is 19.9 Å². The Morgan fingerprint density at radius 3 is 3.00 bits per heavy atom. The smallest absolute Gasteiger partial charge is 0.249 e. The van der Waals surface area contributed by atoms with Gasteiger partial charge in [0.2, 0.25) is 16.6 Å². The van der Waals surface area contributed by atoms with Gasteiger partial charge in [-0.2, -0.15) is 4.98 Å². The first-order chi connectivity index (χ1) is 4.88. The van der Waals surface area contributed by atoms with Crippen molar-refractivity contribution in [2.45, 2.75) is 0 Å². The monoisotopic (exact) mass is 216 g/mol. The molecule has 0 unspecified atom stereocenters. The number of imidazole rings is 1. The molecule has 0 aliphatic carbocycles. The third kappa shape index (κ3) is 1.33. The molecule has 0 saturated heterocycles. The van der Waals surface area contributed by atoms with E-state index in [1.165, 1.54) is 0 Å². The summed E-state index contributed by atoms with van der Waals surface area (Å²) >= 11 is 4.96. The number of nitrogens with one attached hydrogen (secondary N) is 3. The van der Waals surface area contributed by atoms with E-state index in [4.69, 9.17) is 12.2 Å². The molecule has 0 spiro atoms. The third-order valence-corrected chi connectivity index (χ3v) is 1.60. The molecular formula is C5H5CuN4S+. The van der Waals surface area contributed by atoms with Gasteiger partial charge in [0.15, 0.2) is 5.52 Å². The first kappa shape index (κ1) is 8.39. The Bertz CT molecular complexity index is 406. The zero-order valence-electron chi connectivity index (χ0n) is 5.31. The van der Waals surface area contributed by atoms with Gasteiger partial charge in [0.1, 0.15) is 0 Å². The summed E-state index contributed by atoms with van der Waals surface area (Å²) in [5, 5.41) is 0. The van der Waals surface area contributed by atoms with Gasteiger partial charge in [-0.05, 0) is 12.2 Å². The Labute approximate surface area is 77.9 Å². The average Bonchev–Trinajstić information content (AvgIpc) is 2.36. The second-order valence-corrected chi connectivity index (χ2v) is 2.30. The van der Waals surface area contributed by atoms with Crippen molar-refractivity contribution in [1.29, 1.82) is 0 Å². The minimum atomic E-state index is 0. The molecule has 3 N–H and O–H groups in total. The van der Waals surface area contributed by atoms with Gasteiger partial charge in [-0.15, -0.1) is 0 Å². The SMILES string of the molecule is S=c1[nH+]c[nH]c2nc[nH]c12.[Cu]. The number of aromatic amines is 3. The molecule has 1 radical (unpaired) electrons. The van der Waals surface area contributed by atoms with Crippen LogP contribution in [0.3, 0.4) is 0 Å². The topological polar surface area (TPSA) is 58.6 Å². The molecule has 0 amide bonds. The number of H-pyrrole nitrogens is 3. The van der Waals surface area contributed by atoms with Gasteiger partial charge in [-0.25, -0.2) is 9.97 Å². The van der Waals surface area contributed by atoms with E-state index in [-0.39, 0.29) is 17.1 Å². The summed E-state index contributed by atoms with van der Waals surface area (Å²) in [7, 11) is 0. The largest absolute Gasteiger partial charge is 0.337 e. The van der Waals surface area contributed by atoms with Crippen molar-refractivity contribution in [3.05, 3.63) is 17.3 Å². The maximum atomic E-state index is 4.96. The second-order valence-electron chi connectivity index (χ2n) is 1.89. The molecule has 0 bridgehead atoms. The second kappa shape index (κ2) is 3.13. The Morgan fingerprint density at radius 1 is 1.45 bits per heavy atom. The molecule has 11 heavy (non-hydrogen) atoms. The van der Waals surface area contributed by atoms with Gasteiger partial charge in [-0.1, -0.05) is 0 Å². The Hall–Kier alpha value is -0.711. The molecule has 0 fully saturated rings. The first-order valence-electron chi connectivity index (χ1n) is 2.80. The zero-order valence-corrected chi connectivity index (χ0v) is 7.07. The van der Waals surface area contributed by atoms with E-state index >= 15 is 0 Å². The third-order valence-electron chi connectivity index (χ3n) is 1.28. The maximum absolute atomic E-state index is 4.96. The predicted molar refractivity (Wildman–Crippen MR) is 37.8 cm³/mol. The molecule has 0 aromatic carbocycles. The van der Waals surface area contributed by atoms with Crippen LogP contribution in [0.2, 0.25) is 0 Å². The molecule has 0 aliphatic rings. The summed E-state index contributed by atoms with van der Waals surface area (Å²) in [6.07, 6.45) is 3.26. The summed E-state index contributed by atoms with van der Waals surface area (Å²) in [6.45, 7) is 0. The van der Waals surface area contributed by atoms with Gasteiger partial charge in [-0.3, -0.25) is 0 Å². The van der Waals surface area contributed by atoms with Crippen molar-refractivity contribution < 1.29 is 22.1 Å². The van der Waals surface area contributed by atoms with Crippen molar-refractivity contribution in [3.8, 4) is 0 Å². The van der Waals surface area contributed by atoms with E-state index < -0.39 is 0 Å². The van der Waals surface area contributed by atoms with Crippen molar-refractivity contribution in [2.75, 3.05) is 0 Å². The van der Waals surface area contributed by atoms with Gasteiger partial charge in [0.05, 0.1) is 6.33 Å². The van der Waals surface area contributed by atoms with Crippen LogP contribution in [0.4, 0.5) is 0 Å². The van der Waals surface area contributed by atoms with Crippen LogP contribution in [-0.2, 0) is 17.1 Å². The molecule has 2 aromatic heterocycles. The van der Waals surface area contributed by atoms with Crippen LogP contribution in [0.25, 0.3) is 11.2 Å². The first-order valence-corrected chi connectivity index (χ1v) is 3.21. The molecule has 2 aromatic rings.